The van der Waals surface area contributed by atoms with Crippen molar-refractivity contribution < 1.29 is 29.0 Å². The molecule has 0 aliphatic heterocycles. The molecular formula is C26H34N2O6. The normalized spacial score (nSPS) is 12.9. The molecule has 0 saturated heterocycles. The number of hydrogen-bond acceptors (Lipinski definition) is 6. The van der Waals surface area contributed by atoms with Crippen molar-refractivity contribution in [2.45, 2.75) is 57.8 Å². The zero-order chi connectivity index (χ0) is 25.1. The number of benzene rings is 2. The fourth-order valence-electron chi connectivity index (χ4n) is 3.23. The molecule has 0 unspecified atom stereocenters. The van der Waals surface area contributed by atoms with E-state index in [1.54, 1.807) is 0 Å². The Morgan fingerprint density at radius 2 is 1.62 bits per heavy atom. The molecular weight excluding hydrogens is 436 g/mol. The third-order valence-corrected chi connectivity index (χ3v) is 5.20. The molecule has 0 aromatic heterocycles. The van der Waals surface area contributed by atoms with E-state index in [1.165, 1.54) is 7.11 Å². The topological polar surface area (TPSA) is 114 Å². The Labute approximate surface area is 200 Å². The number of alkyl carbamates (subject to hydrolysis) is 1. The number of methoxy groups -OCH3 is 1. The van der Waals surface area contributed by atoms with Crippen molar-refractivity contribution in [3.8, 4) is 0 Å². The van der Waals surface area contributed by atoms with Crippen molar-refractivity contribution in [2.75, 3.05) is 13.7 Å². The van der Waals surface area contributed by atoms with E-state index >= 15 is 0 Å². The number of hydrogen-bond donors (Lipinski definition) is 3. The van der Waals surface area contributed by atoms with E-state index in [0.29, 0.717) is 0 Å². The molecule has 0 heterocycles. The van der Waals surface area contributed by atoms with Crippen LogP contribution in [0.3, 0.4) is 0 Å². The van der Waals surface area contributed by atoms with Crippen LogP contribution in [0, 0.1) is 0 Å². The molecule has 2 rings (SSSR count). The zero-order valence-electron chi connectivity index (χ0n) is 20.2. The van der Waals surface area contributed by atoms with Gasteiger partial charge in [-0.05, 0) is 22.1 Å². The summed E-state index contributed by atoms with van der Waals surface area (Å²) < 4.78 is 9.89. The summed E-state index contributed by atoms with van der Waals surface area (Å²) in [5, 5.41) is 15.1. The van der Waals surface area contributed by atoms with Gasteiger partial charge in [-0.25, -0.2) is 9.59 Å². The summed E-state index contributed by atoms with van der Waals surface area (Å²) in [7, 11) is 1.25. The van der Waals surface area contributed by atoms with Crippen LogP contribution in [-0.2, 0) is 37.5 Å². The van der Waals surface area contributed by atoms with Crippen LogP contribution in [0.25, 0.3) is 0 Å². The lowest BCUT2D eigenvalue weighted by Gasteiger charge is -2.21. The van der Waals surface area contributed by atoms with E-state index in [4.69, 9.17) is 9.47 Å². The standard InChI is InChI=1S/C26H34N2O6/c1-26(2,3)20-12-10-18(11-13-20)14-22(24(31)33-4)28-23(30)15-21(29)16-27-25(32)34-17-19-8-6-5-7-9-19/h5-13,21-22,29H,14-17H2,1-4H3,(H,27,32)(H,28,30)/t21-,22+/m0/s1. The third-order valence-electron chi connectivity index (χ3n) is 5.20. The molecule has 3 N–H and O–H groups in total. The van der Waals surface area contributed by atoms with Gasteiger partial charge >= 0.3 is 12.1 Å². The maximum Gasteiger partial charge on any atom is 0.407 e. The summed E-state index contributed by atoms with van der Waals surface area (Å²) in [6.45, 7) is 6.27. The first-order valence-electron chi connectivity index (χ1n) is 11.2. The second-order valence-corrected chi connectivity index (χ2v) is 9.09. The fourth-order valence-corrected chi connectivity index (χ4v) is 3.23. The van der Waals surface area contributed by atoms with Gasteiger partial charge in [0.1, 0.15) is 12.6 Å². The van der Waals surface area contributed by atoms with Gasteiger partial charge in [-0.15, -0.1) is 0 Å². The van der Waals surface area contributed by atoms with E-state index in [-0.39, 0.29) is 31.4 Å². The maximum atomic E-state index is 12.4. The maximum absolute atomic E-state index is 12.4. The van der Waals surface area contributed by atoms with E-state index in [2.05, 4.69) is 31.4 Å². The first kappa shape index (κ1) is 26.9. The molecule has 2 atom stereocenters. The summed E-state index contributed by atoms with van der Waals surface area (Å²) in [6.07, 6.45) is -1.89. The van der Waals surface area contributed by atoms with Gasteiger partial charge in [-0.1, -0.05) is 75.4 Å². The highest BCUT2D eigenvalue weighted by Gasteiger charge is 2.24. The molecule has 184 valence electrons. The predicted octanol–water partition coefficient (Wildman–Crippen LogP) is 2.86. The largest absolute Gasteiger partial charge is 0.467 e. The number of nitrogens with one attached hydrogen (secondary N) is 2. The molecule has 2 amide bonds. The molecule has 8 heteroatoms. The minimum Gasteiger partial charge on any atom is -0.467 e. The second-order valence-electron chi connectivity index (χ2n) is 9.09. The van der Waals surface area contributed by atoms with Crippen LogP contribution in [0.15, 0.2) is 54.6 Å². The lowest BCUT2D eigenvalue weighted by Crippen LogP contribution is -2.45. The van der Waals surface area contributed by atoms with Crippen molar-refractivity contribution in [2.24, 2.45) is 0 Å². The van der Waals surface area contributed by atoms with Gasteiger partial charge < -0.3 is 25.2 Å². The van der Waals surface area contributed by atoms with Crippen LogP contribution in [0.1, 0.15) is 43.9 Å². The molecule has 2 aromatic carbocycles. The first-order chi connectivity index (χ1) is 16.1. The second kappa shape index (κ2) is 12.7. The van der Waals surface area contributed by atoms with Crippen molar-refractivity contribution in [3.05, 3.63) is 71.3 Å². The van der Waals surface area contributed by atoms with Crippen molar-refractivity contribution in [1.82, 2.24) is 10.6 Å². The Hall–Kier alpha value is -3.39. The number of amides is 2. The minimum absolute atomic E-state index is 0.00659. The molecule has 0 radical (unpaired) electrons. The van der Waals surface area contributed by atoms with Crippen molar-refractivity contribution in [3.63, 3.8) is 0 Å². The Balaban J connectivity index is 1.81. The quantitative estimate of drug-likeness (QED) is 0.460. The predicted molar refractivity (Wildman–Crippen MR) is 128 cm³/mol. The molecule has 8 nitrogen and oxygen atoms in total. The summed E-state index contributed by atoms with van der Waals surface area (Å²) in [6, 6.07) is 16.1. The van der Waals surface area contributed by atoms with Crippen LogP contribution < -0.4 is 10.6 Å². The summed E-state index contributed by atoms with van der Waals surface area (Å²) in [4.78, 5) is 36.4. The minimum atomic E-state index is -1.14. The molecule has 0 bridgehead atoms. The van der Waals surface area contributed by atoms with Gasteiger partial charge in [0.15, 0.2) is 0 Å². The van der Waals surface area contributed by atoms with Gasteiger partial charge in [0.25, 0.3) is 0 Å². The van der Waals surface area contributed by atoms with Crippen molar-refractivity contribution >= 4 is 18.0 Å². The Kier molecular flexibility index (Phi) is 10.1. The number of carbonyl (C=O) groups is 3. The fraction of sp³-hybridized carbons (Fsp3) is 0.423. The smallest absolute Gasteiger partial charge is 0.407 e. The number of rotatable bonds is 10. The van der Waals surface area contributed by atoms with Crippen LogP contribution in [0.5, 0.6) is 0 Å². The Bertz CT molecular complexity index is 938. The van der Waals surface area contributed by atoms with E-state index in [0.717, 1.165) is 16.7 Å². The van der Waals surface area contributed by atoms with Crippen LogP contribution in [0.4, 0.5) is 4.79 Å². The Morgan fingerprint density at radius 1 is 0.971 bits per heavy atom. The molecule has 0 spiro atoms. The molecule has 34 heavy (non-hydrogen) atoms. The highest BCUT2D eigenvalue weighted by Crippen LogP contribution is 2.22. The first-order valence-corrected chi connectivity index (χ1v) is 11.2. The monoisotopic (exact) mass is 470 g/mol. The number of ether oxygens (including phenoxy) is 2. The van der Waals surface area contributed by atoms with E-state index in [1.807, 2.05) is 54.6 Å². The SMILES string of the molecule is COC(=O)[C@@H](Cc1ccc(C(C)(C)C)cc1)NC(=O)C[C@H](O)CNC(=O)OCc1ccccc1. The highest BCUT2D eigenvalue weighted by molar-refractivity contribution is 5.85. The number of esters is 1. The lowest BCUT2D eigenvalue weighted by molar-refractivity contribution is -0.145. The van der Waals surface area contributed by atoms with Gasteiger partial charge in [-0.2, -0.15) is 0 Å². The van der Waals surface area contributed by atoms with Gasteiger partial charge in [-0.3, -0.25) is 4.79 Å². The number of carbonyl (C=O) groups excluding carboxylic acids is 3. The third kappa shape index (κ3) is 9.23. The molecule has 2 aromatic rings. The average molecular weight is 471 g/mol. The molecule has 0 aliphatic rings. The van der Waals surface area contributed by atoms with E-state index < -0.39 is 30.1 Å². The lowest BCUT2D eigenvalue weighted by atomic mass is 9.86. The summed E-state index contributed by atoms with van der Waals surface area (Å²) in [5.41, 5.74) is 2.87. The molecule has 0 aliphatic carbocycles. The Morgan fingerprint density at radius 3 is 2.21 bits per heavy atom. The summed E-state index contributed by atoms with van der Waals surface area (Å²) in [5.74, 6) is -1.11. The molecule has 0 saturated carbocycles. The van der Waals surface area contributed by atoms with Gasteiger partial charge in [0, 0.05) is 13.0 Å². The zero-order valence-corrected chi connectivity index (χ0v) is 20.2. The average Bonchev–Trinajstić information content (AvgIpc) is 2.80. The number of aliphatic hydroxyl groups is 1. The number of aliphatic hydroxyl groups excluding tert-OH is 1. The molecule has 0 fully saturated rings. The van der Waals surface area contributed by atoms with Crippen LogP contribution in [0.2, 0.25) is 0 Å². The highest BCUT2D eigenvalue weighted by atomic mass is 16.5. The summed E-state index contributed by atoms with van der Waals surface area (Å²) >= 11 is 0. The van der Waals surface area contributed by atoms with Gasteiger partial charge in [0.05, 0.1) is 19.6 Å². The van der Waals surface area contributed by atoms with Gasteiger partial charge in [0.2, 0.25) is 5.91 Å². The van der Waals surface area contributed by atoms with Crippen LogP contribution in [-0.4, -0.2) is 48.9 Å². The van der Waals surface area contributed by atoms with E-state index in [9.17, 15) is 19.5 Å². The van der Waals surface area contributed by atoms with Crippen molar-refractivity contribution in [1.29, 1.82) is 0 Å². The van der Waals surface area contributed by atoms with Crippen LogP contribution >= 0.6 is 0 Å².